The maximum atomic E-state index is 10.2. The van der Waals surface area contributed by atoms with Crippen molar-refractivity contribution in [1.29, 1.82) is 5.26 Å². The number of benzene rings is 1. The van der Waals surface area contributed by atoms with Crippen LogP contribution >= 0.6 is 22.6 Å². The van der Waals surface area contributed by atoms with E-state index in [2.05, 4.69) is 28.7 Å². The van der Waals surface area contributed by atoms with Gasteiger partial charge < -0.3 is 4.79 Å². The number of carbonyl (C=O) groups excluding carboxylic acids is 1. The maximum Gasteiger partial charge on any atom is 0.120 e. The molecule has 0 aromatic heterocycles. The third kappa shape index (κ3) is 2.52. The predicted octanol–water partition coefficient (Wildman–Crippen LogP) is 2.29. The van der Waals surface area contributed by atoms with Crippen molar-refractivity contribution in [1.82, 2.24) is 0 Å². The predicted molar refractivity (Wildman–Crippen MR) is 58.3 cm³/mol. The minimum atomic E-state index is 0.519. The zero-order chi connectivity index (χ0) is 9.68. The molecule has 0 aliphatic carbocycles. The summed E-state index contributed by atoms with van der Waals surface area (Å²) in [6, 6.07) is 7.70. The molecule has 0 atom stereocenters. The highest BCUT2D eigenvalue weighted by Gasteiger charge is 2.03. The SMILES string of the molecule is N#Cc1cccc(CCC=O)c1I. The van der Waals surface area contributed by atoms with Crippen LogP contribution in [0.1, 0.15) is 17.5 Å². The Hall–Kier alpha value is -0.890. The lowest BCUT2D eigenvalue weighted by Gasteiger charge is -2.02. The van der Waals surface area contributed by atoms with E-state index in [0.717, 1.165) is 21.8 Å². The van der Waals surface area contributed by atoms with Gasteiger partial charge in [0, 0.05) is 9.99 Å². The summed E-state index contributed by atoms with van der Waals surface area (Å²) >= 11 is 2.14. The molecule has 2 nitrogen and oxygen atoms in total. The monoisotopic (exact) mass is 285 g/mol. The molecule has 1 rings (SSSR count). The number of aldehydes is 1. The number of nitriles is 1. The summed E-state index contributed by atoms with van der Waals surface area (Å²) in [4.78, 5) is 10.2. The van der Waals surface area contributed by atoms with Crippen molar-refractivity contribution >= 4 is 28.9 Å². The Morgan fingerprint density at radius 1 is 1.54 bits per heavy atom. The van der Waals surface area contributed by atoms with Gasteiger partial charge in [-0.25, -0.2) is 0 Å². The zero-order valence-electron chi connectivity index (χ0n) is 6.96. The average Bonchev–Trinajstić information content (AvgIpc) is 2.16. The molecule has 0 amide bonds. The summed E-state index contributed by atoms with van der Waals surface area (Å²) in [6.07, 6.45) is 2.14. The van der Waals surface area contributed by atoms with Crippen LogP contribution in [0.15, 0.2) is 18.2 Å². The van der Waals surface area contributed by atoms with Crippen LogP contribution in [0.2, 0.25) is 0 Å². The van der Waals surface area contributed by atoms with Gasteiger partial charge in [0.15, 0.2) is 0 Å². The highest BCUT2D eigenvalue weighted by molar-refractivity contribution is 14.1. The van der Waals surface area contributed by atoms with Crippen LogP contribution in [-0.4, -0.2) is 6.29 Å². The summed E-state index contributed by atoms with van der Waals surface area (Å²) in [5.74, 6) is 0. The fourth-order valence-electron chi connectivity index (χ4n) is 1.07. The van der Waals surface area contributed by atoms with E-state index in [4.69, 9.17) is 5.26 Å². The normalized spacial score (nSPS) is 9.23. The summed E-state index contributed by atoms with van der Waals surface area (Å²) in [7, 11) is 0. The van der Waals surface area contributed by atoms with Crippen LogP contribution in [0.25, 0.3) is 0 Å². The van der Waals surface area contributed by atoms with Gasteiger partial charge in [0.2, 0.25) is 0 Å². The molecular weight excluding hydrogens is 277 g/mol. The Kier molecular flexibility index (Phi) is 3.90. The quantitative estimate of drug-likeness (QED) is 0.631. The van der Waals surface area contributed by atoms with E-state index in [1.807, 2.05) is 12.1 Å². The second-order valence-electron chi connectivity index (χ2n) is 2.60. The van der Waals surface area contributed by atoms with Crippen LogP contribution in [-0.2, 0) is 11.2 Å². The third-order valence-corrected chi connectivity index (χ3v) is 3.00. The average molecular weight is 285 g/mol. The van der Waals surface area contributed by atoms with Crippen LogP contribution in [0.3, 0.4) is 0 Å². The molecule has 0 radical (unpaired) electrons. The van der Waals surface area contributed by atoms with E-state index in [1.54, 1.807) is 6.07 Å². The van der Waals surface area contributed by atoms with Crippen molar-refractivity contribution in [2.24, 2.45) is 0 Å². The molecule has 0 saturated carbocycles. The lowest BCUT2D eigenvalue weighted by Crippen LogP contribution is -1.93. The number of rotatable bonds is 3. The molecule has 0 aliphatic rings. The molecule has 0 spiro atoms. The fourth-order valence-corrected chi connectivity index (χ4v) is 1.82. The molecule has 0 saturated heterocycles. The topological polar surface area (TPSA) is 40.9 Å². The Morgan fingerprint density at radius 2 is 2.31 bits per heavy atom. The zero-order valence-corrected chi connectivity index (χ0v) is 9.11. The van der Waals surface area contributed by atoms with Crippen LogP contribution < -0.4 is 0 Å². The van der Waals surface area contributed by atoms with E-state index >= 15 is 0 Å². The number of nitrogens with zero attached hydrogens (tertiary/aromatic N) is 1. The van der Waals surface area contributed by atoms with Crippen molar-refractivity contribution in [2.75, 3.05) is 0 Å². The molecule has 0 aliphatic heterocycles. The molecule has 1 aromatic carbocycles. The van der Waals surface area contributed by atoms with Crippen molar-refractivity contribution in [3.8, 4) is 6.07 Å². The van der Waals surface area contributed by atoms with Crippen molar-refractivity contribution in [3.05, 3.63) is 32.9 Å². The lowest BCUT2D eigenvalue weighted by molar-refractivity contribution is -0.107. The minimum absolute atomic E-state index is 0.519. The molecule has 0 N–H and O–H groups in total. The van der Waals surface area contributed by atoms with E-state index in [0.29, 0.717) is 12.0 Å². The smallest absolute Gasteiger partial charge is 0.120 e. The standard InChI is InChI=1S/C10H8INO/c11-10-8(5-2-6-13)3-1-4-9(10)7-12/h1,3-4,6H,2,5H2. The molecule has 3 heteroatoms. The van der Waals surface area contributed by atoms with Crippen LogP contribution in [0.5, 0.6) is 0 Å². The Balaban J connectivity index is 2.95. The summed E-state index contributed by atoms with van der Waals surface area (Å²) in [5, 5.41) is 8.74. The molecule has 0 fully saturated rings. The van der Waals surface area contributed by atoms with Gasteiger partial charge in [0.05, 0.1) is 5.56 Å². The van der Waals surface area contributed by atoms with E-state index in [-0.39, 0.29) is 0 Å². The molecule has 13 heavy (non-hydrogen) atoms. The first-order chi connectivity index (χ1) is 6.29. The first kappa shape index (κ1) is 10.2. The van der Waals surface area contributed by atoms with Crippen molar-refractivity contribution in [2.45, 2.75) is 12.8 Å². The number of halogens is 1. The third-order valence-electron chi connectivity index (χ3n) is 1.73. The number of carbonyl (C=O) groups is 1. The van der Waals surface area contributed by atoms with Gasteiger partial charge in [-0.15, -0.1) is 0 Å². The van der Waals surface area contributed by atoms with Crippen molar-refractivity contribution in [3.63, 3.8) is 0 Å². The summed E-state index contributed by atoms with van der Waals surface area (Å²) < 4.78 is 0.962. The highest BCUT2D eigenvalue weighted by atomic mass is 127. The van der Waals surface area contributed by atoms with Crippen LogP contribution in [0, 0.1) is 14.9 Å². The van der Waals surface area contributed by atoms with Gasteiger partial charge in [-0.2, -0.15) is 5.26 Å². The van der Waals surface area contributed by atoms with E-state index < -0.39 is 0 Å². The van der Waals surface area contributed by atoms with Gasteiger partial charge in [-0.3, -0.25) is 0 Å². The second-order valence-corrected chi connectivity index (χ2v) is 3.67. The van der Waals surface area contributed by atoms with Gasteiger partial charge in [0.1, 0.15) is 12.4 Å². The number of hydrogen-bond donors (Lipinski definition) is 0. The molecule has 0 unspecified atom stereocenters. The number of hydrogen-bond acceptors (Lipinski definition) is 2. The molecular formula is C10H8INO. The summed E-state index contributed by atoms with van der Waals surface area (Å²) in [6.45, 7) is 0. The fraction of sp³-hybridized carbons (Fsp3) is 0.200. The lowest BCUT2D eigenvalue weighted by atomic mass is 10.1. The molecule has 66 valence electrons. The molecule has 1 aromatic rings. The molecule has 0 heterocycles. The molecule has 0 bridgehead atoms. The van der Waals surface area contributed by atoms with Gasteiger partial charge in [0.25, 0.3) is 0 Å². The Labute approximate surface area is 90.7 Å². The Bertz CT molecular complexity index is 354. The number of aryl methyl sites for hydroxylation is 1. The second kappa shape index (κ2) is 4.97. The Morgan fingerprint density at radius 3 is 2.92 bits per heavy atom. The van der Waals surface area contributed by atoms with Gasteiger partial charge >= 0.3 is 0 Å². The van der Waals surface area contributed by atoms with Gasteiger partial charge in [-0.05, 0) is 40.6 Å². The largest absolute Gasteiger partial charge is 0.303 e. The van der Waals surface area contributed by atoms with E-state index in [9.17, 15) is 4.79 Å². The highest BCUT2D eigenvalue weighted by Crippen LogP contribution is 2.17. The minimum Gasteiger partial charge on any atom is -0.303 e. The maximum absolute atomic E-state index is 10.2. The van der Waals surface area contributed by atoms with E-state index in [1.165, 1.54) is 0 Å². The first-order valence-electron chi connectivity index (χ1n) is 3.90. The van der Waals surface area contributed by atoms with Gasteiger partial charge in [-0.1, -0.05) is 12.1 Å². The van der Waals surface area contributed by atoms with Crippen LogP contribution in [0.4, 0.5) is 0 Å². The first-order valence-corrected chi connectivity index (χ1v) is 4.98. The van der Waals surface area contributed by atoms with Crippen molar-refractivity contribution < 1.29 is 4.79 Å². The summed E-state index contributed by atoms with van der Waals surface area (Å²) in [5.41, 5.74) is 1.76.